The van der Waals surface area contributed by atoms with E-state index in [0.717, 1.165) is 38.5 Å². The Balaban J connectivity index is 1.45. The van der Waals surface area contributed by atoms with Crippen LogP contribution in [0, 0.1) is 5.92 Å². The number of hydrogen-bond acceptors (Lipinski definition) is 3. The molecule has 3 rings (SSSR count). The van der Waals surface area contributed by atoms with Gasteiger partial charge in [-0.2, -0.15) is 0 Å². The van der Waals surface area contributed by atoms with Gasteiger partial charge in [-0.05, 0) is 51.2 Å². The molecule has 3 aliphatic rings. The lowest BCUT2D eigenvalue weighted by atomic mass is 9.94. The monoisotopic (exact) mass is 251 g/mol. The number of likely N-dealkylation sites (tertiary alicyclic amines) is 2. The van der Waals surface area contributed by atoms with Crippen molar-refractivity contribution >= 4 is 5.91 Å². The predicted molar refractivity (Wildman–Crippen MR) is 71.4 cm³/mol. The van der Waals surface area contributed by atoms with Gasteiger partial charge in [0.15, 0.2) is 0 Å². The molecule has 0 aliphatic carbocycles. The lowest BCUT2D eigenvalue weighted by molar-refractivity contribution is -0.130. The Kier molecular flexibility index (Phi) is 3.85. The van der Waals surface area contributed by atoms with E-state index in [1.807, 2.05) is 0 Å². The highest BCUT2D eigenvalue weighted by atomic mass is 16.2. The molecule has 3 aliphatic heterocycles. The SMILES string of the molecule is O=C(CCN1CCCC1)N1C[C@@H]2CCCN[C@@H]2C1. The first-order valence-electron chi connectivity index (χ1n) is 7.56. The van der Waals surface area contributed by atoms with E-state index in [1.54, 1.807) is 0 Å². The van der Waals surface area contributed by atoms with Crippen LogP contribution in [0.15, 0.2) is 0 Å². The summed E-state index contributed by atoms with van der Waals surface area (Å²) in [5.74, 6) is 1.09. The number of carbonyl (C=O) groups is 1. The number of amides is 1. The van der Waals surface area contributed by atoms with E-state index in [0.29, 0.717) is 11.9 Å². The fourth-order valence-corrected chi connectivity index (χ4v) is 3.67. The normalized spacial score (nSPS) is 32.8. The molecule has 3 saturated heterocycles. The van der Waals surface area contributed by atoms with Crippen molar-refractivity contribution in [3.63, 3.8) is 0 Å². The smallest absolute Gasteiger partial charge is 0.223 e. The number of carbonyl (C=O) groups excluding carboxylic acids is 1. The van der Waals surface area contributed by atoms with Crippen molar-refractivity contribution in [2.75, 3.05) is 39.3 Å². The summed E-state index contributed by atoms with van der Waals surface area (Å²) in [5.41, 5.74) is 0. The van der Waals surface area contributed by atoms with Crippen LogP contribution < -0.4 is 5.32 Å². The van der Waals surface area contributed by atoms with Crippen molar-refractivity contribution in [3.8, 4) is 0 Å². The molecule has 1 N–H and O–H groups in total. The molecule has 18 heavy (non-hydrogen) atoms. The highest BCUT2D eigenvalue weighted by Crippen LogP contribution is 2.25. The van der Waals surface area contributed by atoms with Gasteiger partial charge in [0.2, 0.25) is 5.91 Å². The molecule has 4 nitrogen and oxygen atoms in total. The maximum absolute atomic E-state index is 12.2. The zero-order valence-electron chi connectivity index (χ0n) is 11.2. The number of rotatable bonds is 3. The van der Waals surface area contributed by atoms with Gasteiger partial charge in [0.1, 0.15) is 0 Å². The fraction of sp³-hybridized carbons (Fsp3) is 0.929. The van der Waals surface area contributed by atoms with Gasteiger partial charge in [0.25, 0.3) is 0 Å². The quantitative estimate of drug-likeness (QED) is 0.801. The summed E-state index contributed by atoms with van der Waals surface area (Å²) in [6.45, 7) is 6.44. The largest absolute Gasteiger partial charge is 0.341 e. The molecular formula is C14H25N3O. The maximum atomic E-state index is 12.2. The van der Waals surface area contributed by atoms with Crippen molar-refractivity contribution in [3.05, 3.63) is 0 Å². The van der Waals surface area contributed by atoms with E-state index in [-0.39, 0.29) is 0 Å². The molecule has 3 fully saturated rings. The molecule has 4 heteroatoms. The molecule has 2 atom stereocenters. The first kappa shape index (κ1) is 12.4. The van der Waals surface area contributed by atoms with Crippen LogP contribution in [0.3, 0.4) is 0 Å². The van der Waals surface area contributed by atoms with Gasteiger partial charge in [-0.1, -0.05) is 0 Å². The summed E-state index contributed by atoms with van der Waals surface area (Å²) in [5, 5.41) is 3.56. The molecule has 0 saturated carbocycles. The number of nitrogens with one attached hydrogen (secondary N) is 1. The molecule has 102 valence electrons. The maximum Gasteiger partial charge on any atom is 0.223 e. The lowest BCUT2D eigenvalue weighted by Gasteiger charge is -2.24. The summed E-state index contributed by atoms with van der Waals surface area (Å²) in [7, 11) is 0. The van der Waals surface area contributed by atoms with Gasteiger partial charge in [-0.15, -0.1) is 0 Å². The Morgan fingerprint density at radius 2 is 2.00 bits per heavy atom. The van der Waals surface area contributed by atoms with Gasteiger partial charge in [0, 0.05) is 32.1 Å². The Bertz CT molecular complexity index is 287. The van der Waals surface area contributed by atoms with Crippen molar-refractivity contribution in [1.29, 1.82) is 0 Å². The molecule has 0 unspecified atom stereocenters. The minimum Gasteiger partial charge on any atom is -0.341 e. The Hall–Kier alpha value is -0.610. The molecule has 3 heterocycles. The third-order valence-corrected chi connectivity index (χ3v) is 4.79. The van der Waals surface area contributed by atoms with E-state index in [1.165, 1.54) is 38.8 Å². The molecule has 0 spiro atoms. The van der Waals surface area contributed by atoms with Gasteiger partial charge >= 0.3 is 0 Å². The zero-order chi connectivity index (χ0) is 12.4. The Morgan fingerprint density at radius 3 is 2.78 bits per heavy atom. The molecule has 0 aromatic heterocycles. The summed E-state index contributed by atoms with van der Waals surface area (Å²) in [6.07, 6.45) is 5.92. The van der Waals surface area contributed by atoms with E-state index in [4.69, 9.17) is 0 Å². The average molecular weight is 251 g/mol. The Morgan fingerprint density at radius 1 is 1.17 bits per heavy atom. The van der Waals surface area contributed by atoms with Crippen LogP contribution in [-0.4, -0.2) is 61.0 Å². The number of piperidine rings is 1. The molecular weight excluding hydrogens is 226 g/mol. The van der Waals surface area contributed by atoms with Crippen molar-refractivity contribution in [2.24, 2.45) is 5.92 Å². The molecule has 0 radical (unpaired) electrons. The minimum absolute atomic E-state index is 0.373. The van der Waals surface area contributed by atoms with Gasteiger partial charge < -0.3 is 15.1 Å². The lowest BCUT2D eigenvalue weighted by Crippen LogP contribution is -2.41. The van der Waals surface area contributed by atoms with Crippen molar-refractivity contribution in [2.45, 2.75) is 38.1 Å². The molecule has 1 amide bonds. The topological polar surface area (TPSA) is 35.6 Å². The second-order valence-corrected chi connectivity index (χ2v) is 6.06. The Labute approximate surface area is 110 Å². The zero-order valence-corrected chi connectivity index (χ0v) is 11.2. The van der Waals surface area contributed by atoms with Crippen LogP contribution >= 0.6 is 0 Å². The summed E-state index contributed by atoms with van der Waals surface area (Å²) in [4.78, 5) is 16.7. The summed E-state index contributed by atoms with van der Waals surface area (Å²) in [6, 6.07) is 0.578. The summed E-state index contributed by atoms with van der Waals surface area (Å²) < 4.78 is 0. The van der Waals surface area contributed by atoms with Crippen LogP contribution in [0.25, 0.3) is 0 Å². The highest BCUT2D eigenvalue weighted by molar-refractivity contribution is 5.76. The fourth-order valence-electron chi connectivity index (χ4n) is 3.67. The first-order valence-corrected chi connectivity index (χ1v) is 7.56. The second kappa shape index (κ2) is 5.57. The predicted octanol–water partition coefficient (Wildman–Crippen LogP) is 0.683. The number of hydrogen-bond donors (Lipinski definition) is 1. The first-order chi connectivity index (χ1) is 8.83. The molecule has 0 aromatic carbocycles. The van der Waals surface area contributed by atoms with Gasteiger partial charge in [-0.3, -0.25) is 4.79 Å². The summed E-state index contributed by atoms with van der Waals surface area (Å²) >= 11 is 0. The third kappa shape index (κ3) is 2.69. The molecule has 0 bridgehead atoms. The highest BCUT2D eigenvalue weighted by Gasteiger charge is 2.36. The van der Waals surface area contributed by atoms with Crippen molar-refractivity contribution < 1.29 is 4.79 Å². The van der Waals surface area contributed by atoms with Crippen LogP contribution in [0.1, 0.15) is 32.1 Å². The minimum atomic E-state index is 0.373. The molecule has 0 aromatic rings. The van der Waals surface area contributed by atoms with Gasteiger partial charge in [-0.25, -0.2) is 0 Å². The second-order valence-electron chi connectivity index (χ2n) is 6.06. The van der Waals surface area contributed by atoms with E-state index < -0.39 is 0 Å². The average Bonchev–Trinajstić information content (AvgIpc) is 3.04. The number of fused-ring (bicyclic) bond motifs is 1. The third-order valence-electron chi connectivity index (χ3n) is 4.79. The van der Waals surface area contributed by atoms with E-state index in [9.17, 15) is 4.79 Å². The standard InChI is InChI=1S/C14H25N3O/c18-14(5-9-16-7-1-2-8-16)17-10-12-4-3-6-15-13(12)11-17/h12-13,15H,1-11H2/t12-,13+/m0/s1. The van der Waals surface area contributed by atoms with E-state index >= 15 is 0 Å². The van der Waals surface area contributed by atoms with E-state index in [2.05, 4.69) is 15.1 Å². The van der Waals surface area contributed by atoms with Crippen LogP contribution in [0.4, 0.5) is 0 Å². The number of nitrogens with zero attached hydrogens (tertiary/aromatic N) is 2. The van der Waals surface area contributed by atoms with Crippen LogP contribution in [-0.2, 0) is 4.79 Å². The van der Waals surface area contributed by atoms with Gasteiger partial charge in [0.05, 0.1) is 0 Å². The van der Waals surface area contributed by atoms with Crippen molar-refractivity contribution in [1.82, 2.24) is 15.1 Å². The van der Waals surface area contributed by atoms with Crippen LogP contribution in [0.5, 0.6) is 0 Å². The van der Waals surface area contributed by atoms with Crippen LogP contribution in [0.2, 0.25) is 0 Å².